The van der Waals surface area contributed by atoms with Gasteiger partial charge in [0.25, 0.3) is 0 Å². The van der Waals surface area contributed by atoms with Crippen LogP contribution >= 0.6 is 10.5 Å². The number of rotatable bonds is 8. The van der Waals surface area contributed by atoms with Gasteiger partial charge in [-0.05, 0) is 49.5 Å². The Hall–Kier alpha value is -1.35. The zero-order chi connectivity index (χ0) is 22.6. The average molecular weight is 481 g/mol. The molecular formula is C24H36N2O4S2. The molecule has 1 saturated carbocycles. The predicted molar refractivity (Wildman–Crippen MR) is 133 cm³/mol. The summed E-state index contributed by atoms with van der Waals surface area (Å²) in [5.74, 6) is 2.76. The van der Waals surface area contributed by atoms with Crippen molar-refractivity contribution >= 4 is 25.9 Å². The molecule has 3 atom stereocenters. The molecule has 2 unspecified atom stereocenters. The van der Waals surface area contributed by atoms with Crippen molar-refractivity contribution < 1.29 is 17.9 Å². The van der Waals surface area contributed by atoms with Gasteiger partial charge in [0.1, 0.15) is 5.76 Å². The van der Waals surface area contributed by atoms with E-state index in [4.69, 9.17) is 9.47 Å². The molecule has 4 rings (SSSR count). The van der Waals surface area contributed by atoms with Gasteiger partial charge < -0.3 is 9.47 Å². The summed E-state index contributed by atoms with van der Waals surface area (Å²) in [5.41, 5.74) is 0. The molecular weight excluding hydrogens is 444 g/mol. The van der Waals surface area contributed by atoms with Crippen LogP contribution in [0.2, 0.25) is 0 Å². The quantitative estimate of drug-likeness (QED) is 0.497. The van der Waals surface area contributed by atoms with Crippen molar-refractivity contribution in [1.29, 1.82) is 0 Å². The molecule has 0 spiro atoms. The molecule has 0 aromatic heterocycles. The van der Waals surface area contributed by atoms with E-state index in [9.17, 15) is 8.42 Å². The highest BCUT2D eigenvalue weighted by molar-refractivity contribution is 8.17. The number of hydrogen-bond acceptors (Lipinski definition) is 5. The van der Waals surface area contributed by atoms with Crippen LogP contribution < -0.4 is 0 Å². The van der Waals surface area contributed by atoms with Crippen LogP contribution in [-0.4, -0.2) is 79.4 Å². The van der Waals surface area contributed by atoms with E-state index in [-0.39, 0.29) is 28.3 Å². The standard InChI is InChI=1S/C24H36N2O4S2/c1-3-32(27,28)26-14-13-25(18-21(26)19-31-15-7-4-8-16-31)20-11-12-23(29-2)24(17-20)30-22-9-5-6-10-22/h4,7-8,11-12,15-16,20-22H,3,5-6,9-10,13-14,17-19H2,1-2H3/t20?,21-/m1/s1. The lowest BCUT2D eigenvalue weighted by Gasteiger charge is -2.44. The first kappa shape index (κ1) is 23.8. The molecule has 8 heteroatoms. The molecule has 1 saturated heterocycles. The minimum atomic E-state index is -3.23. The summed E-state index contributed by atoms with van der Waals surface area (Å²) in [6.07, 6.45) is 16.2. The van der Waals surface area contributed by atoms with Gasteiger partial charge >= 0.3 is 0 Å². The Morgan fingerprint density at radius 2 is 1.97 bits per heavy atom. The van der Waals surface area contributed by atoms with Gasteiger partial charge in [0.2, 0.25) is 10.0 Å². The van der Waals surface area contributed by atoms with Gasteiger partial charge in [0.05, 0.1) is 19.0 Å². The number of hydrogen-bond donors (Lipinski definition) is 0. The SMILES string of the molecule is CCS(=O)(=O)N1CCN(C2C=CC(OC)=C(OC3CCCC3)C2)C[C@@H]1CS1=CC=CC=C1. The Bertz CT molecular complexity index is 930. The van der Waals surface area contributed by atoms with Crippen molar-refractivity contribution in [2.24, 2.45) is 0 Å². The van der Waals surface area contributed by atoms with E-state index in [0.29, 0.717) is 12.6 Å². The molecule has 0 bridgehead atoms. The van der Waals surface area contributed by atoms with Crippen molar-refractivity contribution in [3.05, 3.63) is 47.3 Å². The summed E-state index contributed by atoms with van der Waals surface area (Å²) < 4.78 is 39.4. The van der Waals surface area contributed by atoms with Crippen molar-refractivity contribution in [2.75, 3.05) is 38.2 Å². The molecule has 0 N–H and O–H groups in total. The minimum absolute atomic E-state index is 0.0233. The molecule has 2 heterocycles. The molecule has 4 aliphatic rings. The van der Waals surface area contributed by atoms with E-state index in [0.717, 1.165) is 49.6 Å². The summed E-state index contributed by atoms with van der Waals surface area (Å²) in [4.78, 5) is 2.43. The predicted octanol–water partition coefficient (Wildman–Crippen LogP) is 3.62. The zero-order valence-electron chi connectivity index (χ0n) is 19.2. The molecule has 32 heavy (non-hydrogen) atoms. The Balaban J connectivity index is 1.48. The molecule has 0 amide bonds. The largest absolute Gasteiger partial charge is 0.493 e. The van der Waals surface area contributed by atoms with Gasteiger partial charge in [-0.15, -0.1) is 0 Å². The normalized spacial score (nSPS) is 30.0. The molecule has 2 aliphatic heterocycles. The Labute approximate surface area is 195 Å². The maximum absolute atomic E-state index is 12.8. The molecule has 2 fully saturated rings. The lowest BCUT2D eigenvalue weighted by molar-refractivity contribution is 0.0726. The van der Waals surface area contributed by atoms with Crippen LogP contribution in [-0.2, 0) is 19.5 Å². The van der Waals surface area contributed by atoms with Crippen LogP contribution in [0.3, 0.4) is 0 Å². The van der Waals surface area contributed by atoms with Gasteiger partial charge in [0, 0.05) is 43.9 Å². The molecule has 2 aliphatic carbocycles. The van der Waals surface area contributed by atoms with Gasteiger partial charge in [-0.3, -0.25) is 4.90 Å². The second-order valence-corrected chi connectivity index (χ2v) is 12.8. The fourth-order valence-corrected chi connectivity index (χ4v) is 7.97. The van der Waals surface area contributed by atoms with Gasteiger partial charge in [0.15, 0.2) is 5.76 Å². The Kier molecular flexibility index (Phi) is 7.97. The van der Waals surface area contributed by atoms with Crippen molar-refractivity contribution in [2.45, 2.75) is 57.2 Å². The van der Waals surface area contributed by atoms with E-state index in [2.05, 4.69) is 33.9 Å². The van der Waals surface area contributed by atoms with Crippen LogP contribution in [0.5, 0.6) is 0 Å². The second-order valence-electron chi connectivity index (χ2n) is 8.79. The van der Waals surface area contributed by atoms with E-state index in [1.807, 2.05) is 12.2 Å². The maximum atomic E-state index is 12.8. The molecule has 6 nitrogen and oxygen atoms in total. The van der Waals surface area contributed by atoms with Gasteiger partial charge in [-0.25, -0.2) is 8.42 Å². The number of allylic oxidation sites excluding steroid dienone is 4. The van der Waals surface area contributed by atoms with Crippen molar-refractivity contribution in [3.63, 3.8) is 0 Å². The van der Waals surface area contributed by atoms with Crippen LogP contribution in [0, 0.1) is 0 Å². The van der Waals surface area contributed by atoms with Crippen LogP contribution in [0.15, 0.2) is 47.3 Å². The van der Waals surface area contributed by atoms with Gasteiger partial charge in [-0.1, -0.05) is 24.3 Å². The lowest BCUT2D eigenvalue weighted by Crippen LogP contribution is -2.58. The lowest BCUT2D eigenvalue weighted by atomic mass is 10.0. The number of nitrogens with zero attached hydrogens (tertiary/aromatic N) is 2. The summed E-state index contributed by atoms with van der Waals surface area (Å²) in [7, 11) is -1.57. The molecule has 0 aromatic rings. The van der Waals surface area contributed by atoms with Crippen LogP contribution in [0.25, 0.3) is 0 Å². The zero-order valence-corrected chi connectivity index (χ0v) is 20.8. The topological polar surface area (TPSA) is 59.1 Å². The fourth-order valence-electron chi connectivity index (χ4n) is 4.96. The third-order valence-corrected chi connectivity index (χ3v) is 10.4. The number of piperazine rings is 1. The third kappa shape index (κ3) is 5.58. The molecule has 178 valence electrons. The number of sulfonamides is 1. The summed E-state index contributed by atoms with van der Waals surface area (Å²) in [6, 6.07) is 0.179. The highest BCUT2D eigenvalue weighted by Crippen LogP contribution is 2.32. The molecule has 0 aromatic carbocycles. The smallest absolute Gasteiger partial charge is 0.214 e. The minimum Gasteiger partial charge on any atom is -0.493 e. The molecule has 0 radical (unpaired) electrons. The second kappa shape index (κ2) is 10.7. The highest BCUT2D eigenvalue weighted by atomic mass is 32.2. The first-order valence-electron chi connectivity index (χ1n) is 11.7. The monoisotopic (exact) mass is 480 g/mol. The van der Waals surface area contributed by atoms with E-state index in [1.165, 1.54) is 12.8 Å². The van der Waals surface area contributed by atoms with Crippen LogP contribution in [0.4, 0.5) is 0 Å². The highest BCUT2D eigenvalue weighted by Gasteiger charge is 2.37. The van der Waals surface area contributed by atoms with Gasteiger partial charge in [-0.2, -0.15) is 14.8 Å². The first-order valence-corrected chi connectivity index (χ1v) is 14.9. The number of ether oxygens (including phenoxy) is 2. The van der Waals surface area contributed by atoms with Crippen LogP contribution in [0.1, 0.15) is 39.0 Å². The Morgan fingerprint density at radius 1 is 1.16 bits per heavy atom. The van der Waals surface area contributed by atoms with E-state index >= 15 is 0 Å². The summed E-state index contributed by atoms with van der Waals surface area (Å²) in [6.45, 7) is 3.75. The van der Waals surface area contributed by atoms with E-state index in [1.54, 1.807) is 18.3 Å². The summed E-state index contributed by atoms with van der Waals surface area (Å²) in [5, 5.41) is 4.38. The average Bonchev–Trinajstić information content (AvgIpc) is 3.32. The summed E-state index contributed by atoms with van der Waals surface area (Å²) >= 11 is 0. The van der Waals surface area contributed by atoms with Crippen molar-refractivity contribution in [1.82, 2.24) is 9.21 Å². The van der Waals surface area contributed by atoms with E-state index < -0.39 is 10.0 Å². The fraction of sp³-hybridized carbons (Fsp3) is 0.625. The first-order chi connectivity index (χ1) is 15.5. The third-order valence-electron chi connectivity index (χ3n) is 6.74. The maximum Gasteiger partial charge on any atom is 0.214 e. The Morgan fingerprint density at radius 3 is 2.66 bits per heavy atom. The number of methoxy groups -OCH3 is 1. The van der Waals surface area contributed by atoms with Crippen molar-refractivity contribution in [3.8, 4) is 0 Å².